The van der Waals surface area contributed by atoms with Crippen LogP contribution in [-0.2, 0) is 11.2 Å². The van der Waals surface area contributed by atoms with Crippen LogP contribution in [0.2, 0.25) is 5.02 Å². The molecule has 0 saturated heterocycles. The number of ether oxygens (including phenoxy) is 1. The van der Waals surface area contributed by atoms with Crippen LogP contribution in [0.3, 0.4) is 0 Å². The van der Waals surface area contributed by atoms with Crippen LogP contribution in [0, 0.1) is 11.3 Å². The van der Waals surface area contributed by atoms with Crippen molar-refractivity contribution >= 4 is 34.0 Å². The molecule has 7 heteroatoms. The molecule has 0 spiro atoms. The lowest BCUT2D eigenvalue weighted by Gasteiger charge is -2.06. The Bertz CT molecular complexity index is 965. The second-order valence-corrected chi connectivity index (χ2v) is 6.93. The highest BCUT2D eigenvalue weighted by atomic mass is 35.5. The molecule has 1 aromatic heterocycles. The van der Waals surface area contributed by atoms with E-state index in [-0.39, 0.29) is 12.5 Å². The van der Waals surface area contributed by atoms with Gasteiger partial charge in [0.2, 0.25) is 0 Å². The van der Waals surface area contributed by atoms with Crippen LogP contribution in [0.15, 0.2) is 54.7 Å². The van der Waals surface area contributed by atoms with Gasteiger partial charge in [-0.25, -0.2) is 4.98 Å². The highest BCUT2D eigenvalue weighted by molar-refractivity contribution is 7.15. The van der Waals surface area contributed by atoms with Crippen LogP contribution < -0.4 is 10.1 Å². The van der Waals surface area contributed by atoms with Crippen LogP contribution in [0.4, 0.5) is 5.13 Å². The van der Waals surface area contributed by atoms with Crippen molar-refractivity contribution in [3.05, 3.63) is 75.8 Å². The minimum Gasteiger partial charge on any atom is -0.482 e. The minimum absolute atomic E-state index is 0.193. The number of nitrogens with one attached hydrogen (secondary N) is 1. The maximum Gasteiger partial charge on any atom is 0.264 e. The maximum absolute atomic E-state index is 12.0. The first-order chi connectivity index (χ1) is 12.6. The SMILES string of the molecule is N#Cc1ccccc1OCC(=O)Nc1ncc(Cc2cccc(Cl)c2)s1. The summed E-state index contributed by atoms with van der Waals surface area (Å²) in [5.41, 5.74) is 1.47. The fourth-order valence-corrected chi connectivity index (χ4v) is 3.35. The van der Waals surface area contributed by atoms with Crippen LogP contribution >= 0.6 is 22.9 Å². The van der Waals surface area contributed by atoms with E-state index in [1.54, 1.807) is 30.5 Å². The summed E-state index contributed by atoms with van der Waals surface area (Å²) in [6.45, 7) is -0.193. The third-order valence-electron chi connectivity index (χ3n) is 3.43. The number of carbonyl (C=O) groups excluding carboxylic acids is 1. The van der Waals surface area contributed by atoms with E-state index >= 15 is 0 Å². The topological polar surface area (TPSA) is 75.0 Å². The first-order valence-electron chi connectivity index (χ1n) is 7.75. The molecule has 1 N–H and O–H groups in total. The zero-order chi connectivity index (χ0) is 18.4. The molecule has 0 saturated carbocycles. The number of halogens is 1. The van der Waals surface area contributed by atoms with Crippen molar-refractivity contribution in [1.82, 2.24) is 4.98 Å². The van der Waals surface area contributed by atoms with Crippen LogP contribution in [0.1, 0.15) is 16.0 Å². The van der Waals surface area contributed by atoms with Crippen LogP contribution in [0.25, 0.3) is 0 Å². The summed E-state index contributed by atoms with van der Waals surface area (Å²) in [4.78, 5) is 17.2. The Labute approximate surface area is 159 Å². The lowest BCUT2D eigenvalue weighted by Crippen LogP contribution is -2.20. The Balaban J connectivity index is 1.55. The molecule has 0 unspecified atom stereocenters. The molecule has 2 aromatic carbocycles. The zero-order valence-electron chi connectivity index (χ0n) is 13.6. The van der Waals surface area contributed by atoms with Crippen molar-refractivity contribution in [3.63, 3.8) is 0 Å². The molecule has 26 heavy (non-hydrogen) atoms. The van der Waals surface area contributed by atoms with Gasteiger partial charge in [-0.05, 0) is 29.8 Å². The monoisotopic (exact) mass is 383 g/mol. The molecule has 0 atom stereocenters. The number of thiazole rings is 1. The number of benzene rings is 2. The Kier molecular flexibility index (Phi) is 5.84. The Hall–Kier alpha value is -2.88. The van der Waals surface area contributed by atoms with Gasteiger partial charge in [-0.1, -0.05) is 35.9 Å². The standard InChI is InChI=1S/C19H14ClN3O2S/c20-15-6-3-4-13(8-15)9-16-11-22-19(26-16)23-18(24)12-25-17-7-2-1-5-14(17)10-21/h1-8,11H,9,12H2,(H,22,23,24). The molecule has 0 fully saturated rings. The normalized spacial score (nSPS) is 10.2. The van der Waals surface area contributed by atoms with Gasteiger partial charge in [-0.2, -0.15) is 5.26 Å². The van der Waals surface area contributed by atoms with Gasteiger partial charge in [0.05, 0.1) is 5.56 Å². The largest absolute Gasteiger partial charge is 0.482 e. The van der Waals surface area contributed by atoms with Crippen molar-refractivity contribution in [2.24, 2.45) is 0 Å². The summed E-state index contributed by atoms with van der Waals surface area (Å²) in [6.07, 6.45) is 2.42. The molecule has 3 aromatic rings. The number of rotatable bonds is 6. The number of hydrogen-bond acceptors (Lipinski definition) is 5. The molecule has 1 heterocycles. The number of aromatic nitrogens is 1. The van der Waals surface area contributed by atoms with Gasteiger partial charge in [0.1, 0.15) is 11.8 Å². The van der Waals surface area contributed by atoms with E-state index in [2.05, 4.69) is 10.3 Å². The highest BCUT2D eigenvalue weighted by Gasteiger charge is 2.10. The number of anilines is 1. The molecule has 130 valence electrons. The van der Waals surface area contributed by atoms with Gasteiger partial charge in [-0.3, -0.25) is 10.1 Å². The number of hydrogen-bond donors (Lipinski definition) is 1. The van der Waals surface area contributed by atoms with Gasteiger partial charge < -0.3 is 4.74 Å². The molecule has 0 bridgehead atoms. The molecule has 0 radical (unpaired) electrons. The molecule has 0 aliphatic carbocycles. The quantitative estimate of drug-likeness (QED) is 0.689. The second-order valence-electron chi connectivity index (χ2n) is 5.38. The van der Waals surface area contributed by atoms with E-state index in [9.17, 15) is 4.79 Å². The first-order valence-corrected chi connectivity index (χ1v) is 8.94. The number of carbonyl (C=O) groups is 1. The summed E-state index contributed by atoms with van der Waals surface area (Å²) in [6, 6.07) is 16.4. The summed E-state index contributed by atoms with van der Waals surface area (Å²) in [5.74, 6) is 0.0485. The van der Waals surface area contributed by atoms with E-state index in [1.807, 2.05) is 30.3 Å². The number of para-hydroxylation sites is 1. The van der Waals surface area contributed by atoms with Crippen molar-refractivity contribution in [1.29, 1.82) is 5.26 Å². The first kappa shape index (κ1) is 17.9. The Morgan fingerprint density at radius 3 is 2.92 bits per heavy atom. The van der Waals surface area contributed by atoms with Crippen molar-refractivity contribution < 1.29 is 9.53 Å². The van der Waals surface area contributed by atoms with Crippen molar-refractivity contribution in [3.8, 4) is 11.8 Å². The molecular weight excluding hydrogens is 370 g/mol. The lowest BCUT2D eigenvalue weighted by atomic mass is 10.1. The van der Waals surface area contributed by atoms with E-state index in [4.69, 9.17) is 21.6 Å². The summed E-state index contributed by atoms with van der Waals surface area (Å²) >= 11 is 7.39. The second kappa shape index (κ2) is 8.48. The molecule has 0 aliphatic heterocycles. The van der Waals surface area contributed by atoms with Gasteiger partial charge >= 0.3 is 0 Å². The third kappa shape index (κ3) is 4.82. The average molecular weight is 384 g/mol. The predicted molar refractivity (Wildman–Crippen MR) is 102 cm³/mol. The Morgan fingerprint density at radius 2 is 2.12 bits per heavy atom. The van der Waals surface area contributed by atoms with E-state index in [0.717, 1.165) is 10.4 Å². The van der Waals surface area contributed by atoms with Crippen molar-refractivity contribution in [2.75, 3.05) is 11.9 Å². The number of nitrogens with zero attached hydrogens (tertiary/aromatic N) is 2. The van der Waals surface area contributed by atoms with Crippen LogP contribution in [0.5, 0.6) is 5.75 Å². The molecule has 1 amide bonds. The van der Waals surface area contributed by atoms with Gasteiger partial charge in [-0.15, -0.1) is 11.3 Å². The fourth-order valence-electron chi connectivity index (χ4n) is 2.28. The minimum atomic E-state index is -0.332. The van der Waals surface area contributed by atoms with E-state index in [1.165, 1.54) is 11.3 Å². The molecule has 5 nitrogen and oxygen atoms in total. The lowest BCUT2D eigenvalue weighted by molar-refractivity contribution is -0.118. The Morgan fingerprint density at radius 1 is 1.27 bits per heavy atom. The maximum atomic E-state index is 12.0. The smallest absolute Gasteiger partial charge is 0.264 e. The van der Waals surface area contributed by atoms with Crippen LogP contribution in [-0.4, -0.2) is 17.5 Å². The summed E-state index contributed by atoms with van der Waals surface area (Å²) in [7, 11) is 0. The van der Waals surface area contributed by atoms with E-state index in [0.29, 0.717) is 27.9 Å². The third-order valence-corrected chi connectivity index (χ3v) is 4.58. The number of amides is 1. The predicted octanol–water partition coefficient (Wildman–Crippen LogP) is 4.28. The van der Waals surface area contributed by atoms with Gasteiger partial charge in [0.25, 0.3) is 5.91 Å². The molecule has 3 rings (SSSR count). The van der Waals surface area contributed by atoms with Gasteiger partial charge in [0, 0.05) is 22.5 Å². The fraction of sp³-hybridized carbons (Fsp3) is 0.105. The average Bonchev–Trinajstić information content (AvgIpc) is 3.07. The van der Waals surface area contributed by atoms with E-state index < -0.39 is 0 Å². The van der Waals surface area contributed by atoms with Gasteiger partial charge in [0.15, 0.2) is 11.7 Å². The van der Waals surface area contributed by atoms with Crippen molar-refractivity contribution in [2.45, 2.75) is 6.42 Å². The highest BCUT2D eigenvalue weighted by Crippen LogP contribution is 2.22. The molecular formula is C19H14ClN3O2S. The summed E-state index contributed by atoms with van der Waals surface area (Å²) < 4.78 is 5.41. The zero-order valence-corrected chi connectivity index (χ0v) is 15.2. The molecule has 0 aliphatic rings. The summed E-state index contributed by atoms with van der Waals surface area (Å²) in [5, 5.41) is 12.9. The number of nitriles is 1.